The lowest BCUT2D eigenvalue weighted by molar-refractivity contribution is -0.112. The van der Waals surface area contributed by atoms with Crippen LogP contribution in [0.1, 0.15) is 35.6 Å². The van der Waals surface area contributed by atoms with Crippen molar-refractivity contribution >= 4 is 40.5 Å². The number of nitriles is 2. The minimum absolute atomic E-state index is 0.0189. The number of anilines is 1. The van der Waals surface area contributed by atoms with E-state index in [0.717, 1.165) is 36.0 Å². The fraction of sp³-hybridized carbons (Fsp3) is 0.238. The second-order valence-corrected chi connectivity index (χ2v) is 8.23. The number of rotatable bonds is 3. The zero-order valence-corrected chi connectivity index (χ0v) is 16.4. The predicted molar refractivity (Wildman–Crippen MR) is 110 cm³/mol. The maximum Gasteiger partial charge on any atom is 0.266 e. The summed E-state index contributed by atoms with van der Waals surface area (Å²) in [4.78, 5) is 12.6. The third-order valence-electron chi connectivity index (χ3n) is 4.59. The second kappa shape index (κ2) is 8.26. The van der Waals surface area contributed by atoms with Gasteiger partial charge in [-0.05, 0) is 47.9 Å². The van der Waals surface area contributed by atoms with E-state index in [0.29, 0.717) is 20.3 Å². The zero-order valence-electron chi connectivity index (χ0n) is 14.8. The lowest BCUT2D eigenvalue weighted by Crippen LogP contribution is -2.17. The second-order valence-electron chi connectivity index (χ2n) is 6.55. The van der Waals surface area contributed by atoms with Crippen molar-refractivity contribution in [3.63, 3.8) is 0 Å². The van der Waals surface area contributed by atoms with Gasteiger partial charge in [0.05, 0.1) is 9.39 Å². The van der Waals surface area contributed by atoms with E-state index in [1.54, 1.807) is 0 Å². The van der Waals surface area contributed by atoms with Gasteiger partial charge in [0.2, 0.25) is 0 Å². The van der Waals surface area contributed by atoms with Crippen molar-refractivity contribution in [2.24, 2.45) is 5.92 Å². The summed E-state index contributed by atoms with van der Waals surface area (Å²) >= 11 is 6.75. The molecular weight excluding hydrogens is 374 g/mol. The average molecular weight is 392 g/mol. The van der Waals surface area contributed by atoms with Crippen molar-refractivity contribution in [3.8, 4) is 12.1 Å². The van der Waals surface area contributed by atoms with Gasteiger partial charge in [-0.1, -0.05) is 49.5 Å². The Balaban J connectivity index is 1.96. The SMILES string of the molecule is CC1CCc2c(C#N)c(NC(=O)/C(C#N)=C/c3ccccc3)sc(=S)c2C1. The van der Waals surface area contributed by atoms with Crippen LogP contribution in [0, 0.1) is 32.4 Å². The highest BCUT2D eigenvalue weighted by atomic mass is 32.1. The Bertz CT molecular complexity index is 1060. The van der Waals surface area contributed by atoms with Crippen LogP contribution in [0.2, 0.25) is 0 Å². The van der Waals surface area contributed by atoms with Crippen molar-refractivity contribution < 1.29 is 4.79 Å². The molecule has 0 saturated heterocycles. The first-order valence-electron chi connectivity index (χ1n) is 8.60. The van der Waals surface area contributed by atoms with Gasteiger partial charge in [-0.25, -0.2) is 0 Å². The molecule has 4 nitrogen and oxygen atoms in total. The molecule has 2 aromatic rings. The maximum absolute atomic E-state index is 12.6. The standard InChI is InChI=1S/C21H17N3OS2/c1-13-7-8-16-17(9-13)21(26)27-20(18(16)12-23)24-19(25)15(11-22)10-14-5-3-2-4-6-14/h2-6,10,13H,7-9H2,1H3,(H,24,25)/b15-10+. The number of amides is 1. The Hall–Kier alpha value is -2.80. The van der Waals surface area contributed by atoms with Crippen LogP contribution in [0.25, 0.3) is 6.08 Å². The number of hydrogen-bond donors (Lipinski definition) is 1. The summed E-state index contributed by atoms with van der Waals surface area (Å²) in [5.74, 6) is 0.00464. The van der Waals surface area contributed by atoms with E-state index >= 15 is 0 Å². The Morgan fingerprint density at radius 2 is 2.04 bits per heavy atom. The van der Waals surface area contributed by atoms with Gasteiger partial charge < -0.3 is 5.32 Å². The van der Waals surface area contributed by atoms with Crippen LogP contribution in [0.4, 0.5) is 5.00 Å². The number of nitrogens with zero attached hydrogens (tertiary/aromatic N) is 2. The van der Waals surface area contributed by atoms with Gasteiger partial charge in [0, 0.05) is 0 Å². The summed E-state index contributed by atoms with van der Waals surface area (Å²) in [5.41, 5.74) is 3.22. The highest BCUT2D eigenvalue weighted by Crippen LogP contribution is 2.36. The molecular formula is C21H17N3OS2. The minimum atomic E-state index is -0.535. The first-order valence-corrected chi connectivity index (χ1v) is 9.83. The van der Waals surface area contributed by atoms with E-state index in [1.807, 2.05) is 36.4 Å². The molecule has 1 aliphatic carbocycles. The number of fused-ring (bicyclic) bond motifs is 1. The fourth-order valence-electron chi connectivity index (χ4n) is 3.18. The number of carbonyl (C=O) groups excluding carboxylic acids is 1. The highest BCUT2D eigenvalue weighted by Gasteiger charge is 2.23. The molecule has 0 radical (unpaired) electrons. The van der Waals surface area contributed by atoms with Crippen molar-refractivity contribution in [2.45, 2.75) is 26.2 Å². The number of carbonyl (C=O) groups is 1. The average Bonchev–Trinajstić information content (AvgIpc) is 2.67. The summed E-state index contributed by atoms with van der Waals surface area (Å²) in [6.07, 6.45) is 4.17. The molecule has 1 unspecified atom stereocenters. The van der Waals surface area contributed by atoms with Crippen molar-refractivity contribution in [2.75, 3.05) is 5.32 Å². The van der Waals surface area contributed by atoms with Gasteiger partial charge in [-0.3, -0.25) is 4.79 Å². The summed E-state index contributed by atoms with van der Waals surface area (Å²) in [5, 5.41) is 22.2. The molecule has 1 amide bonds. The quantitative estimate of drug-likeness (QED) is 0.453. The molecule has 6 heteroatoms. The Labute approximate surface area is 167 Å². The molecule has 1 atom stereocenters. The minimum Gasteiger partial charge on any atom is -0.312 e. The molecule has 1 N–H and O–H groups in total. The Kier molecular flexibility index (Phi) is 5.81. The Morgan fingerprint density at radius 3 is 2.70 bits per heavy atom. The lowest BCUT2D eigenvalue weighted by Gasteiger charge is -2.23. The fourth-order valence-corrected chi connectivity index (χ4v) is 4.57. The van der Waals surface area contributed by atoms with E-state index < -0.39 is 5.91 Å². The van der Waals surface area contributed by atoms with Gasteiger partial charge in [-0.15, -0.1) is 11.3 Å². The normalized spacial score (nSPS) is 16.0. The van der Waals surface area contributed by atoms with E-state index in [1.165, 1.54) is 17.4 Å². The maximum atomic E-state index is 12.6. The van der Waals surface area contributed by atoms with Crippen LogP contribution in [0.3, 0.4) is 0 Å². The van der Waals surface area contributed by atoms with Gasteiger partial charge in [-0.2, -0.15) is 10.5 Å². The first kappa shape index (κ1) is 19.0. The zero-order chi connectivity index (χ0) is 19.4. The van der Waals surface area contributed by atoms with Crippen molar-refractivity contribution in [1.82, 2.24) is 0 Å². The number of nitrogens with one attached hydrogen (secondary N) is 1. The molecule has 3 rings (SSSR count). The molecule has 0 spiro atoms. The van der Waals surface area contributed by atoms with E-state index in [4.69, 9.17) is 12.2 Å². The van der Waals surface area contributed by atoms with Gasteiger partial charge >= 0.3 is 0 Å². The smallest absolute Gasteiger partial charge is 0.266 e. The molecule has 0 aliphatic heterocycles. The number of benzene rings is 1. The summed E-state index contributed by atoms with van der Waals surface area (Å²) in [6, 6.07) is 13.3. The van der Waals surface area contributed by atoms with E-state index in [-0.39, 0.29) is 5.57 Å². The van der Waals surface area contributed by atoms with Crippen molar-refractivity contribution in [3.05, 3.63) is 62.0 Å². The molecule has 1 aliphatic rings. The lowest BCUT2D eigenvalue weighted by atomic mass is 9.85. The molecule has 134 valence electrons. The van der Waals surface area contributed by atoms with E-state index in [9.17, 15) is 15.3 Å². The van der Waals surface area contributed by atoms with Gasteiger partial charge in [0.1, 0.15) is 22.7 Å². The summed E-state index contributed by atoms with van der Waals surface area (Å²) in [6.45, 7) is 2.18. The Morgan fingerprint density at radius 1 is 1.30 bits per heavy atom. The molecule has 0 saturated carbocycles. The molecule has 1 aromatic heterocycles. The molecule has 0 bridgehead atoms. The van der Waals surface area contributed by atoms with Crippen LogP contribution in [0.15, 0.2) is 35.9 Å². The highest BCUT2D eigenvalue weighted by molar-refractivity contribution is 7.73. The van der Waals surface area contributed by atoms with Crippen molar-refractivity contribution in [1.29, 1.82) is 10.5 Å². The van der Waals surface area contributed by atoms with E-state index in [2.05, 4.69) is 18.3 Å². The first-order chi connectivity index (χ1) is 13.0. The third kappa shape index (κ3) is 4.14. The molecule has 0 fully saturated rings. The molecule has 1 aromatic carbocycles. The van der Waals surface area contributed by atoms with Crippen LogP contribution < -0.4 is 5.32 Å². The predicted octanol–water partition coefficient (Wildman–Crippen LogP) is 5.02. The number of hydrogen-bond acceptors (Lipinski definition) is 5. The van der Waals surface area contributed by atoms with Crippen LogP contribution in [-0.4, -0.2) is 5.91 Å². The monoisotopic (exact) mass is 391 g/mol. The third-order valence-corrected chi connectivity index (χ3v) is 6.03. The molecule has 27 heavy (non-hydrogen) atoms. The van der Waals surface area contributed by atoms with Crippen LogP contribution >= 0.6 is 23.6 Å². The summed E-state index contributed by atoms with van der Waals surface area (Å²) < 4.78 is 0.705. The molecule has 1 heterocycles. The topological polar surface area (TPSA) is 76.7 Å². The van der Waals surface area contributed by atoms with Crippen LogP contribution in [-0.2, 0) is 17.6 Å². The summed E-state index contributed by atoms with van der Waals surface area (Å²) in [7, 11) is 0. The largest absolute Gasteiger partial charge is 0.312 e. The van der Waals surface area contributed by atoms with Crippen LogP contribution in [0.5, 0.6) is 0 Å². The van der Waals surface area contributed by atoms with Gasteiger partial charge in [0.25, 0.3) is 5.91 Å². The van der Waals surface area contributed by atoms with Gasteiger partial charge in [0.15, 0.2) is 0 Å².